The minimum Gasteiger partial charge on any atom is -0.379 e. The molecule has 0 bridgehead atoms. The third-order valence-corrected chi connectivity index (χ3v) is 6.93. The van der Waals surface area contributed by atoms with Gasteiger partial charge in [-0.15, -0.1) is 0 Å². The number of ether oxygens (including phenoxy) is 1. The Bertz CT molecular complexity index is 1020. The van der Waals surface area contributed by atoms with Crippen LogP contribution in [0.4, 0.5) is 15.8 Å². The molecule has 2 amide bonds. The fourth-order valence-electron chi connectivity index (χ4n) is 5.10. The molecule has 7 nitrogen and oxygen atoms in total. The second-order valence-corrected chi connectivity index (χ2v) is 9.35. The van der Waals surface area contributed by atoms with Crippen LogP contribution in [0.2, 0.25) is 0 Å². The Kier molecular flexibility index (Phi) is 8.00. The zero-order valence-corrected chi connectivity index (χ0v) is 20.2. The largest absolute Gasteiger partial charge is 0.379 e. The zero-order valence-electron chi connectivity index (χ0n) is 20.2. The van der Waals surface area contributed by atoms with Crippen molar-refractivity contribution in [2.45, 2.75) is 58.4 Å². The lowest BCUT2D eigenvalue weighted by molar-refractivity contribution is -0.116. The van der Waals surface area contributed by atoms with E-state index in [-0.39, 0.29) is 23.9 Å². The first-order valence-corrected chi connectivity index (χ1v) is 12.3. The summed E-state index contributed by atoms with van der Waals surface area (Å²) in [5.74, 6) is -1.02. The fraction of sp³-hybridized carbons (Fsp3) is 0.538. The third-order valence-electron chi connectivity index (χ3n) is 6.93. The molecule has 1 aromatic carbocycles. The molecule has 2 fully saturated rings. The number of carbonyl (C=O) groups excluding carboxylic acids is 2. The minimum atomic E-state index is -0.534. The van der Waals surface area contributed by atoms with E-state index in [2.05, 4.69) is 20.1 Å². The Morgan fingerprint density at radius 1 is 1.06 bits per heavy atom. The number of nitrogens with zero attached hydrogens (tertiary/aromatic N) is 2. The summed E-state index contributed by atoms with van der Waals surface area (Å²) in [6, 6.07) is 6.62. The summed E-state index contributed by atoms with van der Waals surface area (Å²) in [4.78, 5) is 27.6. The number of rotatable bonds is 7. The van der Waals surface area contributed by atoms with E-state index in [1.807, 2.05) is 19.9 Å². The van der Waals surface area contributed by atoms with E-state index in [9.17, 15) is 14.0 Å². The molecule has 0 spiro atoms. The SMILES string of the molecule is Cc1cc(C(=O)Nc2ccc(F)c(NC(=O)CCN3CCOCC3)c2)c(C)n1C1CCCCC1. The molecule has 1 saturated carbocycles. The lowest BCUT2D eigenvalue weighted by Gasteiger charge is -2.26. The average molecular weight is 471 g/mol. The van der Waals surface area contributed by atoms with Crippen LogP contribution >= 0.6 is 0 Å². The van der Waals surface area contributed by atoms with Crippen molar-refractivity contribution in [1.82, 2.24) is 9.47 Å². The maximum Gasteiger partial charge on any atom is 0.257 e. The standard InChI is InChI=1S/C26H35FN4O3/c1-18-16-22(19(2)31(18)21-6-4-3-5-7-21)26(33)28-20-8-9-23(27)24(17-20)29-25(32)10-11-30-12-14-34-15-13-30/h8-9,16-17,21H,3-7,10-15H2,1-2H3,(H,28,33)(H,29,32). The van der Waals surface area contributed by atoms with Gasteiger partial charge in [-0.1, -0.05) is 19.3 Å². The molecule has 34 heavy (non-hydrogen) atoms. The number of aryl methyl sites for hydroxylation is 1. The van der Waals surface area contributed by atoms with Gasteiger partial charge in [0.1, 0.15) is 5.82 Å². The maximum atomic E-state index is 14.4. The molecular formula is C26H35FN4O3. The molecule has 1 aliphatic carbocycles. The van der Waals surface area contributed by atoms with E-state index in [0.29, 0.717) is 37.1 Å². The van der Waals surface area contributed by atoms with Gasteiger partial charge in [0.05, 0.1) is 24.5 Å². The van der Waals surface area contributed by atoms with E-state index in [1.54, 1.807) is 0 Å². The molecule has 4 rings (SSSR count). The lowest BCUT2D eigenvalue weighted by atomic mass is 9.95. The highest BCUT2D eigenvalue weighted by Gasteiger charge is 2.23. The number of nitrogens with one attached hydrogen (secondary N) is 2. The molecule has 2 aliphatic rings. The van der Waals surface area contributed by atoms with Crippen LogP contribution in [0.3, 0.4) is 0 Å². The molecule has 1 saturated heterocycles. The van der Waals surface area contributed by atoms with Crippen molar-refractivity contribution in [3.8, 4) is 0 Å². The smallest absolute Gasteiger partial charge is 0.257 e. The normalized spacial score (nSPS) is 17.5. The first kappa shape index (κ1) is 24.4. The summed E-state index contributed by atoms with van der Waals surface area (Å²) >= 11 is 0. The van der Waals surface area contributed by atoms with Crippen LogP contribution in [-0.4, -0.2) is 54.1 Å². The summed E-state index contributed by atoms with van der Waals surface area (Å²) in [5, 5.41) is 5.52. The Hall–Kier alpha value is -2.71. The summed E-state index contributed by atoms with van der Waals surface area (Å²) in [6.07, 6.45) is 6.27. The first-order chi connectivity index (χ1) is 16.4. The van der Waals surface area contributed by atoms with E-state index < -0.39 is 5.82 Å². The number of anilines is 2. The molecule has 0 radical (unpaired) electrons. The lowest BCUT2D eigenvalue weighted by Crippen LogP contribution is -2.38. The predicted octanol–water partition coefficient (Wildman–Crippen LogP) is 4.66. The van der Waals surface area contributed by atoms with Gasteiger partial charge in [0.15, 0.2) is 0 Å². The summed E-state index contributed by atoms with van der Waals surface area (Å²) in [6.45, 7) is 7.56. The average Bonchev–Trinajstić information content (AvgIpc) is 3.15. The molecular weight excluding hydrogens is 435 g/mol. The Balaban J connectivity index is 1.40. The number of aromatic nitrogens is 1. The van der Waals surface area contributed by atoms with E-state index in [0.717, 1.165) is 37.3 Å². The number of hydrogen-bond donors (Lipinski definition) is 2. The van der Waals surface area contributed by atoms with Crippen LogP contribution in [0.15, 0.2) is 24.3 Å². The highest BCUT2D eigenvalue weighted by molar-refractivity contribution is 6.05. The van der Waals surface area contributed by atoms with Crippen LogP contribution < -0.4 is 10.6 Å². The summed E-state index contributed by atoms with van der Waals surface area (Å²) in [7, 11) is 0. The highest BCUT2D eigenvalue weighted by atomic mass is 19.1. The molecule has 2 heterocycles. The zero-order chi connectivity index (χ0) is 24.1. The van der Waals surface area contributed by atoms with Gasteiger partial charge in [0, 0.05) is 49.2 Å². The van der Waals surface area contributed by atoms with Gasteiger partial charge in [-0.2, -0.15) is 0 Å². The number of carbonyl (C=O) groups is 2. The van der Waals surface area contributed by atoms with E-state index >= 15 is 0 Å². The summed E-state index contributed by atoms with van der Waals surface area (Å²) < 4.78 is 22.0. The Morgan fingerprint density at radius 3 is 2.53 bits per heavy atom. The molecule has 0 atom stereocenters. The van der Waals surface area contributed by atoms with Gasteiger partial charge in [-0.05, 0) is 51.0 Å². The van der Waals surface area contributed by atoms with Crippen LogP contribution in [-0.2, 0) is 9.53 Å². The molecule has 1 aromatic heterocycles. The van der Waals surface area contributed by atoms with Crippen molar-refractivity contribution in [3.05, 3.63) is 47.0 Å². The molecule has 184 valence electrons. The number of amides is 2. The van der Waals surface area contributed by atoms with Gasteiger partial charge in [0.25, 0.3) is 5.91 Å². The second-order valence-electron chi connectivity index (χ2n) is 9.35. The van der Waals surface area contributed by atoms with Crippen LogP contribution in [0.5, 0.6) is 0 Å². The van der Waals surface area contributed by atoms with Crippen molar-refractivity contribution >= 4 is 23.2 Å². The van der Waals surface area contributed by atoms with Gasteiger partial charge in [-0.25, -0.2) is 4.39 Å². The molecule has 8 heteroatoms. The van der Waals surface area contributed by atoms with E-state index in [4.69, 9.17) is 4.74 Å². The molecule has 2 aromatic rings. The quantitative estimate of drug-likeness (QED) is 0.617. The maximum absolute atomic E-state index is 14.4. The van der Waals surface area contributed by atoms with Gasteiger partial charge >= 0.3 is 0 Å². The van der Waals surface area contributed by atoms with Crippen LogP contribution in [0, 0.1) is 19.7 Å². The monoisotopic (exact) mass is 470 g/mol. The van der Waals surface area contributed by atoms with Crippen molar-refractivity contribution in [3.63, 3.8) is 0 Å². The Morgan fingerprint density at radius 2 is 1.79 bits per heavy atom. The predicted molar refractivity (Wildman–Crippen MR) is 131 cm³/mol. The number of hydrogen-bond acceptors (Lipinski definition) is 4. The van der Waals surface area contributed by atoms with Crippen LogP contribution in [0.25, 0.3) is 0 Å². The highest BCUT2D eigenvalue weighted by Crippen LogP contribution is 2.32. The van der Waals surface area contributed by atoms with Gasteiger partial charge in [-0.3, -0.25) is 14.5 Å². The number of halogens is 1. The Labute approximate surface area is 200 Å². The molecule has 1 aliphatic heterocycles. The summed E-state index contributed by atoms with van der Waals surface area (Å²) in [5.41, 5.74) is 3.18. The molecule has 2 N–H and O–H groups in total. The van der Waals surface area contributed by atoms with Crippen molar-refractivity contribution < 1.29 is 18.7 Å². The van der Waals surface area contributed by atoms with Crippen LogP contribution in [0.1, 0.15) is 66.3 Å². The molecule has 0 unspecified atom stereocenters. The third kappa shape index (κ3) is 5.85. The van der Waals surface area contributed by atoms with E-state index in [1.165, 1.54) is 37.5 Å². The fourth-order valence-corrected chi connectivity index (χ4v) is 5.10. The van der Waals surface area contributed by atoms with Crippen molar-refractivity contribution in [2.24, 2.45) is 0 Å². The van der Waals surface area contributed by atoms with Crippen molar-refractivity contribution in [2.75, 3.05) is 43.5 Å². The van der Waals surface area contributed by atoms with Gasteiger partial charge in [0.2, 0.25) is 5.91 Å². The number of morpholine rings is 1. The minimum absolute atomic E-state index is 0.0671. The second kappa shape index (κ2) is 11.1. The number of benzene rings is 1. The van der Waals surface area contributed by atoms with Crippen molar-refractivity contribution in [1.29, 1.82) is 0 Å². The topological polar surface area (TPSA) is 75.6 Å². The van der Waals surface area contributed by atoms with Gasteiger partial charge < -0.3 is 19.9 Å². The first-order valence-electron chi connectivity index (χ1n) is 12.3.